The fourth-order valence-electron chi connectivity index (χ4n) is 4.02. The van der Waals surface area contributed by atoms with Gasteiger partial charge in [-0.15, -0.1) is 0 Å². The lowest BCUT2D eigenvalue weighted by molar-refractivity contribution is 0.112. The Morgan fingerprint density at radius 1 is 1.27 bits per heavy atom. The van der Waals surface area contributed by atoms with E-state index in [4.69, 9.17) is 10.6 Å². The van der Waals surface area contributed by atoms with Gasteiger partial charge in [0.15, 0.2) is 6.29 Å². The number of amides is 2. The number of carbonyl (C=O) groups excluding carboxylic acids is 2. The molecular formula is C25H29N5O3. The van der Waals surface area contributed by atoms with E-state index in [1.54, 1.807) is 4.68 Å². The van der Waals surface area contributed by atoms with Gasteiger partial charge in [-0.1, -0.05) is 12.1 Å². The van der Waals surface area contributed by atoms with E-state index < -0.39 is 0 Å². The third kappa shape index (κ3) is 4.61. The molecule has 3 N–H and O–H groups in total. The molecule has 1 aliphatic rings. The van der Waals surface area contributed by atoms with E-state index in [0.29, 0.717) is 29.5 Å². The summed E-state index contributed by atoms with van der Waals surface area (Å²) in [5, 5.41) is 8.39. The molecule has 0 bridgehead atoms. The number of anilines is 1. The molecule has 8 heteroatoms. The molecule has 1 saturated carbocycles. The van der Waals surface area contributed by atoms with Gasteiger partial charge in [-0.05, 0) is 74.9 Å². The first kappa shape index (κ1) is 22.5. The quantitative estimate of drug-likeness (QED) is 0.242. The SMILES string of the molecule is Cc1cc(-n2nc(C)c(C=O)c2C)ccc1OCc1c(NC(=O)N(C)N)cccc1C1CC1. The summed E-state index contributed by atoms with van der Waals surface area (Å²) in [7, 11) is 1.50. The summed E-state index contributed by atoms with van der Waals surface area (Å²) in [4.78, 5) is 23.5. The van der Waals surface area contributed by atoms with Crippen molar-refractivity contribution in [1.29, 1.82) is 0 Å². The number of rotatable bonds is 7. The maximum atomic E-state index is 12.2. The fraction of sp³-hybridized carbons (Fsp3) is 0.320. The molecule has 2 amide bonds. The highest BCUT2D eigenvalue weighted by atomic mass is 16.5. The molecule has 4 rings (SSSR count). The van der Waals surface area contributed by atoms with Crippen LogP contribution >= 0.6 is 0 Å². The standard InChI is InChI=1S/C25H29N5O3/c1-15-12-19(30-17(3)21(13-31)16(2)28-30)10-11-24(15)33-14-22-20(18-8-9-18)6-5-7-23(22)27-25(32)29(4)26/h5-7,10-13,18H,8-9,14,26H2,1-4H3,(H,27,32). The Labute approximate surface area is 193 Å². The van der Waals surface area contributed by atoms with Crippen molar-refractivity contribution in [2.45, 2.75) is 46.1 Å². The second kappa shape index (κ2) is 9.07. The molecular weight excluding hydrogens is 418 g/mol. The van der Waals surface area contributed by atoms with Crippen molar-refractivity contribution in [2.24, 2.45) is 5.84 Å². The molecule has 0 radical (unpaired) electrons. The molecule has 1 fully saturated rings. The van der Waals surface area contributed by atoms with Crippen LogP contribution in [0, 0.1) is 20.8 Å². The average molecular weight is 448 g/mol. The summed E-state index contributed by atoms with van der Waals surface area (Å²) in [6.45, 7) is 6.01. The van der Waals surface area contributed by atoms with Crippen LogP contribution in [-0.4, -0.2) is 34.2 Å². The van der Waals surface area contributed by atoms with Crippen LogP contribution in [0.5, 0.6) is 5.75 Å². The smallest absolute Gasteiger partial charge is 0.335 e. The van der Waals surface area contributed by atoms with E-state index >= 15 is 0 Å². The third-order valence-electron chi connectivity index (χ3n) is 6.03. The minimum atomic E-state index is -0.385. The minimum Gasteiger partial charge on any atom is -0.489 e. The van der Waals surface area contributed by atoms with Crippen LogP contribution in [-0.2, 0) is 6.61 Å². The predicted octanol–water partition coefficient (Wildman–Crippen LogP) is 4.40. The van der Waals surface area contributed by atoms with Gasteiger partial charge < -0.3 is 10.1 Å². The first-order chi connectivity index (χ1) is 15.8. The number of nitrogens with two attached hydrogens (primary N) is 1. The maximum absolute atomic E-state index is 12.2. The lowest BCUT2D eigenvalue weighted by atomic mass is 10.0. The second-order valence-electron chi connectivity index (χ2n) is 8.54. The Kier molecular flexibility index (Phi) is 6.20. The van der Waals surface area contributed by atoms with Gasteiger partial charge in [0.2, 0.25) is 0 Å². The molecule has 8 nitrogen and oxygen atoms in total. The molecule has 0 aliphatic heterocycles. The zero-order valence-corrected chi connectivity index (χ0v) is 19.4. The molecule has 172 valence electrons. The molecule has 0 saturated heterocycles. The number of hydrogen-bond donors (Lipinski definition) is 2. The first-order valence-electron chi connectivity index (χ1n) is 11.0. The van der Waals surface area contributed by atoms with Crippen molar-refractivity contribution < 1.29 is 14.3 Å². The summed E-state index contributed by atoms with van der Waals surface area (Å²) >= 11 is 0. The number of ether oxygens (including phenoxy) is 1. The largest absolute Gasteiger partial charge is 0.489 e. The molecule has 2 aromatic carbocycles. The number of urea groups is 1. The molecule has 0 spiro atoms. The van der Waals surface area contributed by atoms with Gasteiger partial charge in [0, 0.05) is 18.3 Å². The Bertz CT molecular complexity index is 1210. The first-order valence-corrected chi connectivity index (χ1v) is 11.0. The molecule has 33 heavy (non-hydrogen) atoms. The van der Waals surface area contributed by atoms with E-state index in [9.17, 15) is 9.59 Å². The highest BCUT2D eigenvalue weighted by Crippen LogP contribution is 2.43. The number of hydrogen-bond acceptors (Lipinski definition) is 5. The van der Waals surface area contributed by atoms with Gasteiger partial charge in [-0.3, -0.25) is 9.80 Å². The number of nitrogens with one attached hydrogen (secondary N) is 1. The number of aromatic nitrogens is 2. The summed E-state index contributed by atoms with van der Waals surface area (Å²) in [6, 6.07) is 11.4. The summed E-state index contributed by atoms with van der Waals surface area (Å²) in [5.74, 6) is 6.83. The molecule has 0 atom stereocenters. The number of hydrazine groups is 1. The van der Waals surface area contributed by atoms with Crippen LogP contribution < -0.4 is 15.9 Å². The zero-order chi connectivity index (χ0) is 23.7. The Balaban J connectivity index is 1.58. The van der Waals surface area contributed by atoms with Gasteiger partial charge in [-0.2, -0.15) is 5.10 Å². The normalized spacial score (nSPS) is 13.0. The van der Waals surface area contributed by atoms with Crippen LogP contribution in [0.25, 0.3) is 5.69 Å². The van der Waals surface area contributed by atoms with Crippen molar-refractivity contribution in [3.63, 3.8) is 0 Å². The molecule has 0 unspecified atom stereocenters. The van der Waals surface area contributed by atoms with Crippen LogP contribution in [0.15, 0.2) is 36.4 Å². The number of nitrogens with zero attached hydrogens (tertiary/aromatic N) is 3. The van der Waals surface area contributed by atoms with Gasteiger partial charge >= 0.3 is 6.03 Å². The maximum Gasteiger partial charge on any atom is 0.335 e. The van der Waals surface area contributed by atoms with E-state index in [1.165, 1.54) is 12.6 Å². The number of carbonyl (C=O) groups is 2. The Morgan fingerprint density at radius 2 is 2.03 bits per heavy atom. The van der Waals surface area contributed by atoms with Gasteiger partial charge in [0.05, 0.1) is 22.6 Å². The molecule has 1 heterocycles. The van der Waals surface area contributed by atoms with E-state index in [0.717, 1.165) is 52.4 Å². The van der Waals surface area contributed by atoms with E-state index in [-0.39, 0.29) is 6.03 Å². The summed E-state index contributed by atoms with van der Waals surface area (Å²) in [6.07, 6.45) is 3.12. The topological polar surface area (TPSA) is 102 Å². The van der Waals surface area contributed by atoms with E-state index in [1.807, 2.05) is 51.1 Å². The third-order valence-corrected chi connectivity index (χ3v) is 6.03. The molecule has 1 aromatic heterocycles. The number of benzene rings is 2. The summed E-state index contributed by atoms with van der Waals surface area (Å²) in [5.41, 5.74) is 6.81. The lowest BCUT2D eigenvalue weighted by Crippen LogP contribution is -2.37. The molecule has 1 aliphatic carbocycles. The minimum absolute atomic E-state index is 0.325. The summed E-state index contributed by atoms with van der Waals surface area (Å²) < 4.78 is 7.99. The Hall–Kier alpha value is -3.65. The second-order valence-corrected chi connectivity index (χ2v) is 8.54. The van der Waals surface area contributed by atoms with Crippen molar-refractivity contribution in [2.75, 3.05) is 12.4 Å². The number of aldehydes is 1. The van der Waals surface area contributed by atoms with Crippen molar-refractivity contribution >= 4 is 18.0 Å². The fourth-order valence-corrected chi connectivity index (χ4v) is 4.02. The highest BCUT2D eigenvalue weighted by Gasteiger charge is 2.27. The van der Waals surface area contributed by atoms with Crippen LogP contribution in [0.2, 0.25) is 0 Å². The van der Waals surface area contributed by atoms with Crippen molar-refractivity contribution in [1.82, 2.24) is 14.8 Å². The van der Waals surface area contributed by atoms with Crippen molar-refractivity contribution in [3.05, 3.63) is 70.0 Å². The zero-order valence-electron chi connectivity index (χ0n) is 19.4. The van der Waals surface area contributed by atoms with Crippen molar-refractivity contribution in [3.8, 4) is 11.4 Å². The monoisotopic (exact) mass is 447 g/mol. The predicted molar refractivity (Wildman–Crippen MR) is 127 cm³/mol. The highest BCUT2D eigenvalue weighted by molar-refractivity contribution is 5.89. The lowest BCUT2D eigenvalue weighted by Gasteiger charge is -2.19. The van der Waals surface area contributed by atoms with Crippen LogP contribution in [0.4, 0.5) is 10.5 Å². The molecule has 3 aromatic rings. The average Bonchev–Trinajstić information content (AvgIpc) is 3.58. The Morgan fingerprint density at radius 3 is 2.64 bits per heavy atom. The van der Waals surface area contributed by atoms with Crippen LogP contribution in [0.3, 0.4) is 0 Å². The van der Waals surface area contributed by atoms with Gasteiger partial charge in [0.25, 0.3) is 0 Å². The van der Waals surface area contributed by atoms with E-state index in [2.05, 4.69) is 16.5 Å². The number of aryl methyl sites for hydroxylation is 2. The van der Waals surface area contributed by atoms with Crippen LogP contribution in [0.1, 0.15) is 57.2 Å². The van der Waals surface area contributed by atoms with Gasteiger partial charge in [-0.25, -0.2) is 15.3 Å². The van der Waals surface area contributed by atoms with Gasteiger partial charge in [0.1, 0.15) is 12.4 Å².